The second-order valence-electron chi connectivity index (χ2n) is 4.31. The van der Waals surface area contributed by atoms with E-state index in [-0.39, 0.29) is 5.69 Å². The molecule has 0 atom stereocenters. The van der Waals surface area contributed by atoms with Gasteiger partial charge in [0.25, 0.3) is 0 Å². The van der Waals surface area contributed by atoms with Crippen LogP contribution in [0.3, 0.4) is 0 Å². The molecule has 0 aliphatic rings. The van der Waals surface area contributed by atoms with Crippen LogP contribution < -0.4 is 10.4 Å². The zero-order valence-corrected chi connectivity index (χ0v) is 12.7. The van der Waals surface area contributed by atoms with Crippen LogP contribution in [0, 0.1) is 13.8 Å². The summed E-state index contributed by atoms with van der Waals surface area (Å²) in [4.78, 5) is 15.9. The number of aryl methyl sites for hydroxylation is 1. The molecule has 0 spiro atoms. The largest absolute Gasteiger partial charge is 0.497 e. The summed E-state index contributed by atoms with van der Waals surface area (Å²) in [7, 11) is 1.63. The van der Waals surface area contributed by atoms with Crippen LogP contribution in [0.15, 0.2) is 33.5 Å². The van der Waals surface area contributed by atoms with Crippen molar-refractivity contribution >= 4 is 15.9 Å². The summed E-state index contributed by atoms with van der Waals surface area (Å²) in [5, 5.41) is 0. The topological polar surface area (TPSA) is 44.1 Å². The zero-order chi connectivity index (χ0) is 14.0. The third-order valence-electron chi connectivity index (χ3n) is 3.03. The Morgan fingerprint density at radius 1 is 1.26 bits per heavy atom. The minimum absolute atomic E-state index is 0.228. The maximum Gasteiger partial charge on any atom is 0.348 e. The van der Waals surface area contributed by atoms with E-state index in [2.05, 4.69) is 20.9 Å². The van der Waals surface area contributed by atoms with Gasteiger partial charge in [-0.25, -0.2) is 4.79 Å². The van der Waals surface area contributed by atoms with Crippen LogP contribution in [0.25, 0.3) is 0 Å². The summed E-state index contributed by atoms with van der Waals surface area (Å²) in [5.41, 5.74) is 2.40. The Kier molecular flexibility index (Phi) is 4.04. The Morgan fingerprint density at radius 3 is 2.47 bits per heavy atom. The minimum Gasteiger partial charge on any atom is -0.497 e. The lowest BCUT2D eigenvalue weighted by molar-refractivity contribution is 0.414. The highest BCUT2D eigenvalue weighted by Gasteiger charge is 2.09. The minimum atomic E-state index is -0.228. The van der Waals surface area contributed by atoms with Crippen LogP contribution >= 0.6 is 15.9 Å². The first-order valence-electron chi connectivity index (χ1n) is 5.89. The molecule has 100 valence electrons. The van der Waals surface area contributed by atoms with Gasteiger partial charge in [-0.15, -0.1) is 0 Å². The summed E-state index contributed by atoms with van der Waals surface area (Å²) in [5.74, 6) is 0.802. The van der Waals surface area contributed by atoms with Gasteiger partial charge in [0.05, 0.1) is 23.8 Å². The standard InChI is InChI=1S/C14H15BrN2O2/c1-9-13(15)10(2)17(14(18)16-9)8-11-4-6-12(19-3)7-5-11/h4-7H,8H2,1-3H3. The molecule has 2 rings (SSSR count). The van der Waals surface area contributed by atoms with Crippen LogP contribution in [0.4, 0.5) is 0 Å². The van der Waals surface area contributed by atoms with Crippen molar-refractivity contribution in [2.24, 2.45) is 0 Å². The Balaban J connectivity index is 2.38. The molecule has 0 N–H and O–H groups in total. The number of hydrogen-bond acceptors (Lipinski definition) is 3. The highest BCUT2D eigenvalue weighted by atomic mass is 79.9. The molecule has 19 heavy (non-hydrogen) atoms. The lowest BCUT2D eigenvalue weighted by atomic mass is 10.2. The van der Waals surface area contributed by atoms with Crippen LogP contribution in [-0.4, -0.2) is 16.7 Å². The molecule has 0 aliphatic carbocycles. The highest BCUT2D eigenvalue weighted by Crippen LogP contribution is 2.18. The molecule has 0 amide bonds. The van der Waals surface area contributed by atoms with Gasteiger partial charge in [-0.05, 0) is 47.5 Å². The van der Waals surface area contributed by atoms with Crippen molar-refractivity contribution in [1.82, 2.24) is 9.55 Å². The Hall–Kier alpha value is -1.62. The molecule has 0 saturated carbocycles. The molecule has 4 nitrogen and oxygen atoms in total. The summed E-state index contributed by atoms with van der Waals surface area (Å²) in [6.45, 7) is 4.22. The van der Waals surface area contributed by atoms with E-state index in [0.717, 1.165) is 21.5 Å². The summed E-state index contributed by atoms with van der Waals surface area (Å²) in [6.07, 6.45) is 0. The molecule has 1 heterocycles. The van der Waals surface area contributed by atoms with Gasteiger partial charge in [-0.2, -0.15) is 4.98 Å². The van der Waals surface area contributed by atoms with E-state index in [1.165, 1.54) is 0 Å². The predicted molar refractivity (Wildman–Crippen MR) is 77.8 cm³/mol. The van der Waals surface area contributed by atoms with E-state index in [9.17, 15) is 4.79 Å². The second kappa shape index (κ2) is 5.57. The van der Waals surface area contributed by atoms with Crippen LogP contribution in [0.5, 0.6) is 5.75 Å². The number of benzene rings is 1. The molecule has 5 heteroatoms. The normalized spacial score (nSPS) is 10.5. The number of halogens is 1. The van der Waals surface area contributed by atoms with Gasteiger partial charge in [-0.1, -0.05) is 12.1 Å². The molecular weight excluding hydrogens is 308 g/mol. The number of hydrogen-bond donors (Lipinski definition) is 0. The van der Waals surface area contributed by atoms with Gasteiger partial charge in [0.2, 0.25) is 0 Å². The van der Waals surface area contributed by atoms with Gasteiger partial charge < -0.3 is 4.74 Å². The molecule has 0 aliphatic heterocycles. The fraction of sp³-hybridized carbons (Fsp3) is 0.286. The maximum atomic E-state index is 11.9. The van der Waals surface area contributed by atoms with Crippen molar-refractivity contribution in [3.8, 4) is 5.75 Å². The predicted octanol–water partition coefficient (Wildman–Crippen LogP) is 2.68. The number of rotatable bonds is 3. The molecule has 0 radical (unpaired) electrons. The van der Waals surface area contributed by atoms with E-state index in [1.807, 2.05) is 38.1 Å². The first-order chi connectivity index (χ1) is 9.02. The van der Waals surface area contributed by atoms with Crippen molar-refractivity contribution in [3.63, 3.8) is 0 Å². The smallest absolute Gasteiger partial charge is 0.348 e. The summed E-state index contributed by atoms with van der Waals surface area (Å²) < 4.78 is 7.64. The summed E-state index contributed by atoms with van der Waals surface area (Å²) >= 11 is 3.46. The van der Waals surface area contributed by atoms with Crippen molar-refractivity contribution in [1.29, 1.82) is 0 Å². The number of nitrogens with zero attached hydrogens (tertiary/aromatic N) is 2. The van der Waals surface area contributed by atoms with Crippen LogP contribution in [0.2, 0.25) is 0 Å². The van der Waals surface area contributed by atoms with Gasteiger partial charge in [0, 0.05) is 5.69 Å². The van der Waals surface area contributed by atoms with E-state index >= 15 is 0 Å². The van der Waals surface area contributed by atoms with Crippen molar-refractivity contribution in [2.45, 2.75) is 20.4 Å². The van der Waals surface area contributed by atoms with Crippen molar-refractivity contribution in [3.05, 3.63) is 56.2 Å². The zero-order valence-electron chi connectivity index (χ0n) is 11.1. The van der Waals surface area contributed by atoms with Gasteiger partial charge in [-0.3, -0.25) is 4.57 Å². The molecule has 2 aromatic rings. The summed E-state index contributed by atoms with van der Waals surface area (Å²) in [6, 6.07) is 7.65. The number of methoxy groups -OCH3 is 1. The average molecular weight is 323 g/mol. The van der Waals surface area contributed by atoms with Gasteiger partial charge in [0.1, 0.15) is 5.75 Å². The van der Waals surface area contributed by atoms with Crippen molar-refractivity contribution in [2.75, 3.05) is 7.11 Å². The Labute approximate surface area is 120 Å². The Morgan fingerprint density at radius 2 is 1.89 bits per heavy atom. The van der Waals surface area contributed by atoms with E-state index < -0.39 is 0 Å². The lowest BCUT2D eigenvalue weighted by Crippen LogP contribution is -2.26. The number of aromatic nitrogens is 2. The fourth-order valence-corrected chi connectivity index (χ4v) is 2.18. The SMILES string of the molecule is COc1ccc(Cn2c(C)c(Br)c(C)nc2=O)cc1. The second-order valence-corrected chi connectivity index (χ2v) is 5.11. The first kappa shape index (κ1) is 13.8. The third-order valence-corrected chi connectivity index (χ3v) is 4.18. The van der Waals surface area contributed by atoms with Gasteiger partial charge in [0.15, 0.2) is 0 Å². The molecule has 0 unspecified atom stereocenters. The first-order valence-corrected chi connectivity index (χ1v) is 6.68. The third kappa shape index (κ3) is 2.87. The van der Waals surface area contributed by atoms with E-state index in [0.29, 0.717) is 12.2 Å². The fourth-order valence-electron chi connectivity index (χ4n) is 1.88. The van der Waals surface area contributed by atoms with Crippen LogP contribution in [-0.2, 0) is 6.54 Å². The van der Waals surface area contributed by atoms with E-state index in [1.54, 1.807) is 11.7 Å². The lowest BCUT2D eigenvalue weighted by Gasteiger charge is -2.12. The monoisotopic (exact) mass is 322 g/mol. The molecular formula is C14H15BrN2O2. The highest BCUT2D eigenvalue weighted by molar-refractivity contribution is 9.10. The quantitative estimate of drug-likeness (QED) is 0.872. The maximum absolute atomic E-state index is 11.9. The molecule has 1 aromatic heterocycles. The average Bonchev–Trinajstić information content (AvgIpc) is 2.42. The molecule has 0 saturated heterocycles. The van der Waals surface area contributed by atoms with E-state index in [4.69, 9.17) is 4.74 Å². The van der Waals surface area contributed by atoms with Crippen molar-refractivity contribution < 1.29 is 4.74 Å². The van der Waals surface area contributed by atoms with Crippen LogP contribution in [0.1, 0.15) is 17.0 Å². The molecule has 0 fully saturated rings. The Bertz CT molecular complexity index is 648. The number of ether oxygens (including phenoxy) is 1. The molecule has 0 bridgehead atoms. The van der Waals surface area contributed by atoms with Gasteiger partial charge >= 0.3 is 5.69 Å². The molecule has 1 aromatic carbocycles.